The van der Waals surface area contributed by atoms with Crippen LogP contribution in [0.5, 0.6) is 0 Å². The van der Waals surface area contributed by atoms with Crippen molar-refractivity contribution in [2.75, 3.05) is 0 Å². The van der Waals surface area contributed by atoms with Crippen LogP contribution < -0.4 is 0 Å². The van der Waals surface area contributed by atoms with Crippen molar-refractivity contribution in [2.45, 2.75) is 5.16 Å². The Hall–Kier alpha value is -1.63. The Labute approximate surface area is 77.4 Å². The number of H-pyrrole nitrogens is 1. The summed E-state index contributed by atoms with van der Waals surface area (Å²) in [6, 6.07) is 0. The first-order valence-electron chi connectivity index (χ1n) is 3.58. The zero-order chi connectivity index (χ0) is 8.84. The van der Waals surface area contributed by atoms with Crippen molar-refractivity contribution in [3.63, 3.8) is 0 Å². The SMILES string of the molecule is Sc1nnc2c3cn[nH]c3ncn12. The van der Waals surface area contributed by atoms with Gasteiger partial charge in [-0.1, -0.05) is 0 Å². The summed E-state index contributed by atoms with van der Waals surface area (Å²) in [6.45, 7) is 0. The Morgan fingerprint density at radius 3 is 3.23 bits per heavy atom. The highest BCUT2D eigenvalue weighted by Gasteiger charge is 2.07. The minimum Gasteiger partial charge on any atom is -0.261 e. The van der Waals surface area contributed by atoms with Crippen LogP contribution >= 0.6 is 12.6 Å². The van der Waals surface area contributed by atoms with Crippen LogP contribution in [0, 0.1) is 0 Å². The molecule has 0 aliphatic heterocycles. The molecule has 0 aromatic carbocycles. The number of nitrogens with one attached hydrogen (secondary N) is 1. The first-order valence-corrected chi connectivity index (χ1v) is 4.03. The van der Waals surface area contributed by atoms with E-state index in [1.54, 1.807) is 16.9 Å². The zero-order valence-electron chi connectivity index (χ0n) is 6.34. The van der Waals surface area contributed by atoms with E-state index in [1.165, 1.54) is 0 Å². The molecule has 1 N–H and O–H groups in total. The van der Waals surface area contributed by atoms with Crippen LogP contribution in [0.25, 0.3) is 16.7 Å². The van der Waals surface area contributed by atoms with Gasteiger partial charge in [0.2, 0.25) is 0 Å². The third kappa shape index (κ3) is 0.788. The molecular weight excluding hydrogens is 188 g/mol. The molecule has 6 nitrogen and oxygen atoms in total. The van der Waals surface area contributed by atoms with Gasteiger partial charge in [-0.25, -0.2) is 4.98 Å². The van der Waals surface area contributed by atoms with E-state index in [1.807, 2.05) is 0 Å². The van der Waals surface area contributed by atoms with Crippen LogP contribution in [0.2, 0.25) is 0 Å². The van der Waals surface area contributed by atoms with Gasteiger partial charge in [0.1, 0.15) is 6.33 Å². The summed E-state index contributed by atoms with van der Waals surface area (Å²) >= 11 is 4.13. The van der Waals surface area contributed by atoms with E-state index < -0.39 is 0 Å². The molecule has 3 aromatic heterocycles. The summed E-state index contributed by atoms with van der Waals surface area (Å²) in [4.78, 5) is 4.12. The number of thiol groups is 1. The van der Waals surface area contributed by atoms with Crippen LogP contribution in [0.4, 0.5) is 0 Å². The van der Waals surface area contributed by atoms with Crippen molar-refractivity contribution in [3.8, 4) is 0 Å². The predicted molar refractivity (Wildman–Crippen MR) is 47.7 cm³/mol. The van der Waals surface area contributed by atoms with Crippen molar-refractivity contribution in [3.05, 3.63) is 12.5 Å². The lowest BCUT2D eigenvalue weighted by atomic mass is 10.4. The van der Waals surface area contributed by atoms with E-state index in [9.17, 15) is 0 Å². The third-order valence-corrected chi connectivity index (χ3v) is 2.15. The minimum absolute atomic E-state index is 0.519. The smallest absolute Gasteiger partial charge is 0.193 e. The Morgan fingerprint density at radius 2 is 2.31 bits per heavy atom. The van der Waals surface area contributed by atoms with Crippen molar-refractivity contribution < 1.29 is 0 Å². The molecule has 0 spiro atoms. The van der Waals surface area contributed by atoms with Crippen molar-refractivity contribution in [2.24, 2.45) is 0 Å². The van der Waals surface area contributed by atoms with Crippen LogP contribution in [0.15, 0.2) is 17.7 Å². The number of aromatic nitrogens is 6. The molecule has 0 saturated heterocycles. The largest absolute Gasteiger partial charge is 0.261 e. The van der Waals surface area contributed by atoms with E-state index in [-0.39, 0.29) is 0 Å². The number of fused-ring (bicyclic) bond motifs is 3. The van der Waals surface area contributed by atoms with Gasteiger partial charge in [0.15, 0.2) is 16.5 Å². The van der Waals surface area contributed by atoms with Gasteiger partial charge in [-0.3, -0.25) is 9.50 Å². The fraction of sp³-hybridized carbons (Fsp3) is 0. The molecule has 0 radical (unpaired) electrons. The van der Waals surface area contributed by atoms with Gasteiger partial charge in [0.05, 0.1) is 11.6 Å². The normalized spacial score (nSPS) is 11.5. The molecule has 0 atom stereocenters. The van der Waals surface area contributed by atoms with E-state index >= 15 is 0 Å². The lowest BCUT2D eigenvalue weighted by molar-refractivity contribution is 0.911. The summed E-state index contributed by atoms with van der Waals surface area (Å²) in [5.41, 5.74) is 1.41. The van der Waals surface area contributed by atoms with Gasteiger partial charge < -0.3 is 0 Å². The highest BCUT2D eigenvalue weighted by atomic mass is 32.1. The summed E-state index contributed by atoms with van der Waals surface area (Å²) in [5, 5.41) is 15.8. The summed E-state index contributed by atoms with van der Waals surface area (Å²) in [5.74, 6) is 0. The predicted octanol–water partition coefficient (Wildman–Crippen LogP) is 0.289. The second kappa shape index (κ2) is 2.19. The van der Waals surface area contributed by atoms with Gasteiger partial charge in [-0.05, 0) is 0 Å². The average Bonchev–Trinajstić information content (AvgIpc) is 2.70. The summed E-state index contributed by atoms with van der Waals surface area (Å²) in [7, 11) is 0. The monoisotopic (exact) mass is 192 g/mol. The van der Waals surface area contributed by atoms with E-state index in [4.69, 9.17) is 0 Å². The van der Waals surface area contributed by atoms with Gasteiger partial charge >= 0.3 is 0 Å². The quantitative estimate of drug-likeness (QED) is 0.502. The highest BCUT2D eigenvalue weighted by molar-refractivity contribution is 7.80. The highest BCUT2D eigenvalue weighted by Crippen LogP contribution is 2.15. The molecule has 0 aliphatic carbocycles. The first kappa shape index (κ1) is 6.84. The molecule has 0 bridgehead atoms. The molecule has 13 heavy (non-hydrogen) atoms. The van der Waals surface area contributed by atoms with Crippen LogP contribution in [0.1, 0.15) is 0 Å². The molecule has 0 aliphatic rings. The van der Waals surface area contributed by atoms with Crippen LogP contribution in [-0.2, 0) is 0 Å². The molecule has 7 heteroatoms. The lowest BCUT2D eigenvalue weighted by Gasteiger charge is -1.92. The molecule has 3 rings (SSSR count). The zero-order valence-corrected chi connectivity index (χ0v) is 7.23. The van der Waals surface area contributed by atoms with E-state index in [0.717, 1.165) is 5.39 Å². The van der Waals surface area contributed by atoms with Gasteiger partial charge in [0.25, 0.3) is 0 Å². The molecule has 3 aromatic rings. The minimum atomic E-state index is 0.519. The van der Waals surface area contributed by atoms with Crippen molar-refractivity contribution >= 4 is 29.3 Å². The van der Waals surface area contributed by atoms with Crippen molar-refractivity contribution in [1.29, 1.82) is 0 Å². The molecular formula is C6H4N6S. The number of rotatable bonds is 0. The topological polar surface area (TPSA) is 71.8 Å². The number of hydrogen-bond acceptors (Lipinski definition) is 5. The average molecular weight is 192 g/mol. The fourth-order valence-corrected chi connectivity index (χ4v) is 1.42. The number of aromatic amines is 1. The maximum Gasteiger partial charge on any atom is 0.193 e. The molecule has 0 fully saturated rings. The second-order valence-corrected chi connectivity index (χ2v) is 2.97. The molecule has 0 amide bonds. The molecule has 0 unspecified atom stereocenters. The Bertz CT molecular complexity index is 581. The summed E-state index contributed by atoms with van der Waals surface area (Å²) in [6.07, 6.45) is 3.28. The van der Waals surface area contributed by atoms with Crippen molar-refractivity contribution in [1.82, 2.24) is 29.8 Å². The Morgan fingerprint density at radius 1 is 1.38 bits per heavy atom. The van der Waals surface area contributed by atoms with Gasteiger partial charge in [-0.2, -0.15) is 5.10 Å². The lowest BCUT2D eigenvalue weighted by Crippen LogP contribution is -1.88. The molecule has 0 saturated carbocycles. The standard InChI is InChI=1S/C6H4N6S/c13-6-11-10-5-3-1-8-9-4(3)7-2-12(5)6/h1-2H,(H,8,9)(H,11,13). The van der Waals surface area contributed by atoms with E-state index in [2.05, 4.69) is 38.0 Å². The van der Waals surface area contributed by atoms with Gasteiger partial charge in [0, 0.05) is 0 Å². The van der Waals surface area contributed by atoms with Crippen LogP contribution in [0.3, 0.4) is 0 Å². The fourth-order valence-electron chi connectivity index (χ4n) is 1.23. The number of hydrogen-bond donors (Lipinski definition) is 2. The van der Waals surface area contributed by atoms with E-state index in [0.29, 0.717) is 16.5 Å². The second-order valence-electron chi connectivity index (χ2n) is 2.57. The maximum absolute atomic E-state index is 4.13. The molecule has 64 valence electrons. The van der Waals surface area contributed by atoms with Crippen LogP contribution in [-0.4, -0.2) is 29.8 Å². The first-order chi connectivity index (χ1) is 6.36. The molecule has 3 heterocycles. The Kier molecular flexibility index (Phi) is 1.15. The Balaban J connectivity index is 2.66. The van der Waals surface area contributed by atoms with Gasteiger partial charge in [-0.15, -0.1) is 22.8 Å². The third-order valence-electron chi connectivity index (χ3n) is 1.84. The number of nitrogens with zero attached hydrogens (tertiary/aromatic N) is 5. The summed E-state index contributed by atoms with van der Waals surface area (Å²) < 4.78 is 1.70. The maximum atomic E-state index is 4.13.